The molecule has 3 rings (SSSR count). The first-order chi connectivity index (χ1) is 10.1. The molecule has 1 aliphatic heterocycles. The Morgan fingerprint density at radius 3 is 2.74 bits per heavy atom. The van der Waals surface area contributed by atoms with E-state index < -0.39 is 12.9 Å². The van der Waals surface area contributed by atoms with Crippen molar-refractivity contribution in [1.29, 1.82) is 0 Å². The zero-order chi connectivity index (χ0) is 14.8. The van der Waals surface area contributed by atoms with E-state index in [1.807, 2.05) is 12.1 Å². The number of halogens is 1. The van der Waals surface area contributed by atoms with Gasteiger partial charge in [0.25, 0.3) is 0 Å². The molecule has 2 aromatic carbocycles. The maximum absolute atomic E-state index is 13.6. The number of fused-ring (bicyclic) bond motifs is 1. The molecule has 0 aliphatic carbocycles. The van der Waals surface area contributed by atoms with Crippen LogP contribution in [0.3, 0.4) is 0 Å². The molecule has 1 radical (unpaired) electrons. The molecule has 0 bridgehead atoms. The topological polar surface area (TPSA) is 46.5 Å². The van der Waals surface area contributed by atoms with Gasteiger partial charge in [0.15, 0.2) is 5.78 Å². The van der Waals surface area contributed by atoms with Crippen molar-refractivity contribution in [1.82, 2.24) is 0 Å². The molecule has 117 valence electrons. The molecule has 1 aliphatic rings. The van der Waals surface area contributed by atoms with Gasteiger partial charge in [-0.1, -0.05) is 30.3 Å². The van der Waals surface area contributed by atoms with Crippen molar-refractivity contribution < 1.29 is 51.6 Å². The fraction of sp³-hybridized carbons (Fsp3) is 0.176. The van der Waals surface area contributed by atoms with Crippen LogP contribution in [0.4, 0.5) is 4.39 Å². The first-order valence-corrected chi connectivity index (χ1v) is 6.84. The minimum atomic E-state index is -0.947. The van der Waals surface area contributed by atoms with Crippen molar-refractivity contribution in [3.8, 4) is 0 Å². The number of benzene rings is 2. The summed E-state index contributed by atoms with van der Waals surface area (Å²) in [7, 11) is -0.947. The Kier molecular flexibility index (Phi) is 7.75. The predicted octanol–water partition coefficient (Wildman–Crippen LogP) is 1.96. The molecule has 3 nitrogen and oxygen atoms in total. The van der Waals surface area contributed by atoms with Gasteiger partial charge in [-0.05, 0) is 35.1 Å². The largest absolute Gasteiger partial charge is 0.491 e. The van der Waals surface area contributed by atoms with Gasteiger partial charge in [0.05, 0.1) is 5.56 Å². The van der Waals surface area contributed by atoms with E-state index in [1.54, 1.807) is 18.2 Å². The number of hydrogen-bond donors (Lipinski definition) is 1. The summed E-state index contributed by atoms with van der Waals surface area (Å²) in [5.74, 6) is -0.789. The summed E-state index contributed by atoms with van der Waals surface area (Å²) >= 11 is 0. The van der Waals surface area contributed by atoms with Crippen LogP contribution in [-0.2, 0) is 50.2 Å². The normalized spacial score (nSPS) is 12.7. The standard InChI is InChI=1S/C16H14BFO3.CH3.Y/c18-15-4-2-1-3-13(15)16(19)10-11-5-6-12-7-8-21-17(20)14(12)9-11;;/h1-6,9,20H,7-8,10H2;1H3;/q;-1;. The van der Waals surface area contributed by atoms with Crippen molar-refractivity contribution in [3.05, 3.63) is 72.4 Å². The van der Waals surface area contributed by atoms with E-state index >= 15 is 0 Å². The van der Waals surface area contributed by atoms with Crippen LogP contribution >= 0.6 is 0 Å². The van der Waals surface area contributed by atoms with Gasteiger partial charge in [0.1, 0.15) is 5.82 Å². The molecule has 0 saturated carbocycles. The summed E-state index contributed by atoms with van der Waals surface area (Å²) in [4.78, 5) is 12.2. The molecule has 0 fully saturated rings. The van der Waals surface area contributed by atoms with E-state index in [4.69, 9.17) is 4.65 Å². The van der Waals surface area contributed by atoms with Gasteiger partial charge in [-0.3, -0.25) is 4.79 Å². The molecule has 1 heterocycles. The molecule has 0 amide bonds. The third-order valence-electron chi connectivity index (χ3n) is 3.66. The van der Waals surface area contributed by atoms with Gasteiger partial charge in [0, 0.05) is 45.7 Å². The Balaban J connectivity index is 0.00000132. The van der Waals surface area contributed by atoms with Gasteiger partial charge in [-0.2, -0.15) is 0 Å². The van der Waals surface area contributed by atoms with Crippen LogP contribution in [0.2, 0.25) is 0 Å². The van der Waals surface area contributed by atoms with Crippen molar-refractivity contribution in [3.63, 3.8) is 0 Å². The third kappa shape index (κ3) is 4.57. The summed E-state index contributed by atoms with van der Waals surface area (Å²) in [5, 5.41) is 9.81. The number of rotatable bonds is 3. The van der Waals surface area contributed by atoms with Gasteiger partial charge < -0.3 is 17.1 Å². The molecular formula is C17H17BFO3Y-. The van der Waals surface area contributed by atoms with Crippen molar-refractivity contribution >= 4 is 18.4 Å². The predicted molar refractivity (Wildman–Crippen MR) is 84.6 cm³/mol. The number of carbonyl (C=O) groups excluding carboxylic acids is 1. The Morgan fingerprint density at radius 1 is 1.26 bits per heavy atom. The average molecular weight is 388 g/mol. The van der Waals surface area contributed by atoms with E-state index in [1.165, 1.54) is 12.1 Å². The second-order valence-corrected chi connectivity index (χ2v) is 5.09. The van der Waals surface area contributed by atoms with E-state index in [0.717, 1.165) is 17.5 Å². The molecule has 0 unspecified atom stereocenters. The van der Waals surface area contributed by atoms with Gasteiger partial charge in [-0.15, -0.1) is 0 Å². The van der Waals surface area contributed by atoms with Gasteiger partial charge >= 0.3 is 7.12 Å². The number of Topliss-reactive ketones (excluding diaryl/α,β-unsaturated/α-hetero) is 1. The Labute approximate surface area is 161 Å². The molecular weight excluding hydrogens is 371 g/mol. The van der Waals surface area contributed by atoms with Crippen LogP contribution in [0.5, 0.6) is 0 Å². The van der Waals surface area contributed by atoms with E-state index in [2.05, 4.69) is 0 Å². The summed E-state index contributed by atoms with van der Waals surface area (Å²) in [5.41, 5.74) is 2.55. The molecule has 6 heteroatoms. The maximum atomic E-state index is 13.6. The Morgan fingerprint density at radius 2 is 2.00 bits per heavy atom. The van der Waals surface area contributed by atoms with E-state index in [0.29, 0.717) is 12.1 Å². The number of ketones is 1. The minimum Gasteiger partial charge on any atom is -0.423 e. The molecule has 0 atom stereocenters. The minimum absolute atomic E-state index is 0. The number of hydrogen-bond acceptors (Lipinski definition) is 3. The second kappa shape index (κ2) is 8.83. The van der Waals surface area contributed by atoms with Crippen molar-refractivity contribution in [2.24, 2.45) is 0 Å². The fourth-order valence-electron chi connectivity index (χ4n) is 2.55. The average Bonchev–Trinajstić information content (AvgIpc) is 2.48. The van der Waals surface area contributed by atoms with Crippen LogP contribution in [0.1, 0.15) is 21.5 Å². The van der Waals surface area contributed by atoms with Crippen LogP contribution in [0.15, 0.2) is 42.5 Å². The molecule has 0 aromatic heterocycles. The molecule has 0 spiro atoms. The molecule has 2 aromatic rings. The zero-order valence-electron chi connectivity index (χ0n) is 13.0. The monoisotopic (exact) mass is 388 g/mol. The summed E-state index contributed by atoms with van der Waals surface area (Å²) in [6.45, 7) is 0.488. The summed E-state index contributed by atoms with van der Waals surface area (Å²) in [6.07, 6.45) is 0.842. The van der Waals surface area contributed by atoms with Gasteiger partial charge in [-0.25, -0.2) is 4.39 Å². The number of carbonyl (C=O) groups is 1. The zero-order valence-corrected chi connectivity index (χ0v) is 15.8. The van der Waals surface area contributed by atoms with Crippen LogP contribution < -0.4 is 5.46 Å². The van der Waals surface area contributed by atoms with Crippen LogP contribution in [-0.4, -0.2) is 24.5 Å². The van der Waals surface area contributed by atoms with Crippen molar-refractivity contribution in [2.75, 3.05) is 6.61 Å². The Bertz CT molecular complexity index is 693. The molecule has 23 heavy (non-hydrogen) atoms. The van der Waals surface area contributed by atoms with Crippen molar-refractivity contribution in [2.45, 2.75) is 12.8 Å². The van der Waals surface area contributed by atoms with E-state index in [-0.39, 0.29) is 57.9 Å². The first kappa shape index (κ1) is 20.2. The van der Waals surface area contributed by atoms with Gasteiger partial charge in [0.2, 0.25) is 0 Å². The van der Waals surface area contributed by atoms with Crippen LogP contribution in [0, 0.1) is 13.2 Å². The summed E-state index contributed by atoms with van der Waals surface area (Å²) < 4.78 is 18.8. The first-order valence-electron chi connectivity index (χ1n) is 6.84. The Hall–Kier alpha value is -0.871. The SMILES string of the molecule is O=C(Cc1ccc2c(c1)B(O)OCC2)c1ccccc1F.[CH3-].[Y]. The molecule has 1 N–H and O–H groups in total. The maximum Gasteiger partial charge on any atom is 0.491 e. The van der Waals surface area contributed by atoms with E-state index in [9.17, 15) is 14.2 Å². The second-order valence-electron chi connectivity index (χ2n) is 5.09. The quantitative estimate of drug-likeness (QED) is 0.497. The fourth-order valence-corrected chi connectivity index (χ4v) is 2.55. The molecule has 0 saturated heterocycles. The van der Waals surface area contributed by atoms with Crippen LogP contribution in [0.25, 0.3) is 0 Å². The smallest absolute Gasteiger partial charge is 0.423 e. The third-order valence-corrected chi connectivity index (χ3v) is 3.66. The summed E-state index contributed by atoms with van der Waals surface area (Å²) in [6, 6.07) is 11.4.